The van der Waals surface area contributed by atoms with Crippen molar-refractivity contribution in [2.45, 2.75) is 39.2 Å². The van der Waals surface area contributed by atoms with Crippen molar-refractivity contribution < 1.29 is 4.79 Å². The lowest BCUT2D eigenvalue weighted by Gasteiger charge is -2.28. The molecule has 1 aliphatic rings. The van der Waals surface area contributed by atoms with E-state index in [4.69, 9.17) is 0 Å². The molecule has 4 heteroatoms. The van der Waals surface area contributed by atoms with E-state index in [1.807, 2.05) is 0 Å². The maximum atomic E-state index is 12.1. The number of likely N-dealkylation sites (N-methyl/N-ethyl adjacent to an activating group) is 1. The van der Waals surface area contributed by atoms with Gasteiger partial charge in [-0.1, -0.05) is 13.8 Å². The van der Waals surface area contributed by atoms with Gasteiger partial charge in [-0.3, -0.25) is 4.79 Å². The fourth-order valence-electron chi connectivity index (χ4n) is 2.47. The van der Waals surface area contributed by atoms with Gasteiger partial charge in [-0.25, -0.2) is 0 Å². The molecule has 106 valence electrons. The molecule has 0 bridgehead atoms. The minimum atomic E-state index is 0.216. The van der Waals surface area contributed by atoms with Crippen LogP contribution in [0, 0.1) is 11.8 Å². The van der Waals surface area contributed by atoms with E-state index < -0.39 is 0 Å². The Morgan fingerprint density at radius 1 is 1.33 bits per heavy atom. The average Bonchev–Trinajstić information content (AvgIpc) is 2.34. The van der Waals surface area contributed by atoms with Crippen molar-refractivity contribution >= 4 is 5.91 Å². The number of hydrogen-bond acceptors (Lipinski definition) is 3. The van der Waals surface area contributed by atoms with Crippen molar-refractivity contribution in [1.29, 1.82) is 0 Å². The van der Waals surface area contributed by atoms with E-state index in [0.717, 1.165) is 38.9 Å². The fourth-order valence-corrected chi connectivity index (χ4v) is 2.47. The number of rotatable bonds is 6. The van der Waals surface area contributed by atoms with Crippen LogP contribution in [-0.4, -0.2) is 50.6 Å². The van der Waals surface area contributed by atoms with Crippen molar-refractivity contribution in [3.63, 3.8) is 0 Å². The molecule has 1 saturated heterocycles. The van der Waals surface area contributed by atoms with E-state index in [1.165, 1.54) is 0 Å². The number of hydrogen-bond donors (Lipinski definition) is 2. The highest BCUT2D eigenvalue weighted by atomic mass is 16.1. The van der Waals surface area contributed by atoms with Gasteiger partial charge in [0.25, 0.3) is 0 Å². The van der Waals surface area contributed by atoms with Gasteiger partial charge in [-0.15, -0.1) is 0 Å². The third kappa shape index (κ3) is 5.36. The van der Waals surface area contributed by atoms with Gasteiger partial charge in [0.05, 0.1) is 0 Å². The molecule has 2 N–H and O–H groups in total. The minimum Gasteiger partial charge on any atom is -0.354 e. The Morgan fingerprint density at radius 2 is 1.94 bits per heavy atom. The SMILES string of the molecule is CC(C)CC(CNC(=O)C1CCNCC1)N(C)C. The summed E-state index contributed by atoms with van der Waals surface area (Å²) in [6, 6.07) is 0.440. The highest BCUT2D eigenvalue weighted by Gasteiger charge is 2.22. The summed E-state index contributed by atoms with van der Waals surface area (Å²) in [7, 11) is 4.17. The molecule has 0 aromatic rings. The van der Waals surface area contributed by atoms with Crippen molar-refractivity contribution in [1.82, 2.24) is 15.5 Å². The first-order valence-electron chi connectivity index (χ1n) is 7.15. The lowest BCUT2D eigenvalue weighted by atomic mass is 9.97. The van der Waals surface area contributed by atoms with Gasteiger partial charge in [0.1, 0.15) is 0 Å². The third-order valence-electron chi connectivity index (χ3n) is 3.70. The second-order valence-electron chi connectivity index (χ2n) is 6.02. The molecule has 0 aromatic carbocycles. The van der Waals surface area contributed by atoms with Crippen LogP contribution < -0.4 is 10.6 Å². The van der Waals surface area contributed by atoms with Crippen LogP contribution in [0.15, 0.2) is 0 Å². The molecule has 4 nitrogen and oxygen atoms in total. The number of nitrogens with one attached hydrogen (secondary N) is 2. The van der Waals surface area contributed by atoms with Gasteiger partial charge in [-0.2, -0.15) is 0 Å². The Hall–Kier alpha value is -0.610. The largest absolute Gasteiger partial charge is 0.354 e. The first-order chi connectivity index (χ1) is 8.50. The Morgan fingerprint density at radius 3 is 2.44 bits per heavy atom. The zero-order valence-electron chi connectivity index (χ0n) is 12.3. The lowest BCUT2D eigenvalue weighted by molar-refractivity contribution is -0.126. The topological polar surface area (TPSA) is 44.4 Å². The highest BCUT2D eigenvalue weighted by molar-refractivity contribution is 5.78. The van der Waals surface area contributed by atoms with E-state index in [-0.39, 0.29) is 11.8 Å². The molecular formula is C14H29N3O. The van der Waals surface area contributed by atoms with Crippen LogP contribution in [0.3, 0.4) is 0 Å². The van der Waals surface area contributed by atoms with Gasteiger partial charge in [0, 0.05) is 18.5 Å². The fraction of sp³-hybridized carbons (Fsp3) is 0.929. The van der Waals surface area contributed by atoms with E-state index in [9.17, 15) is 4.79 Å². The summed E-state index contributed by atoms with van der Waals surface area (Å²) < 4.78 is 0. The average molecular weight is 255 g/mol. The molecule has 1 fully saturated rings. The monoisotopic (exact) mass is 255 g/mol. The molecule has 0 aromatic heterocycles. The molecule has 1 rings (SSSR count). The van der Waals surface area contributed by atoms with Gasteiger partial charge in [-0.05, 0) is 52.4 Å². The maximum Gasteiger partial charge on any atom is 0.223 e. The van der Waals surface area contributed by atoms with Crippen LogP contribution in [0.5, 0.6) is 0 Å². The minimum absolute atomic E-state index is 0.216. The summed E-state index contributed by atoms with van der Waals surface area (Å²) >= 11 is 0. The lowest BCUT2D eigenvalue weighted by Crippen LogP contribution is -2.44. The molecular weight excluding hydrogens is 226 g/mol. The van der Waals surface area contributed by atoms with E-state index in [2.05, 4.69) is 43.5 Å². The smallest absolute Gasteiger partial charge is 0.223 e. The summed E-state index contributed by atoms with van der Waals surface area (Å²) in [6.45, 7) is 7.17. The molecule has 1 aliphatic heterocycles. The molecule has 0 radical (unpaired) electrons. The predicted molar refractivity (Wildman–Crippen MR) is 75.5 cm³/mol. The van der Waals surface area contributed by atoms with Crippen molar-refractivity contribution in [2.24, 2.45) is 11.8 Å². The first kappa shape index (κ1) is 15.4. The third-order valence-corrected chi connectivity index (χ3v) is 3.70. The molecule has 18 heavy (non-hydrogen) atoms. The number of amides is 1. The summed E-state index contributed by atoms with van der Waals surface area (Å²) in [5.74, 6) is 1.12. The van der Waals surface area contributed by atoms with E-state index in [1.54, 1.807) is 0 Å². The first-order valence-corrected chi connectivity index (χ1v) is 7.15. The van der Waals surface area contributed by atoms with E-state index in [0.29, 0.717) is 12.0 Å². The molecule has 1 amide bonds. The van der Waals surface area contributed by atoms with Crippen molar-refractivity contribution in [3.05, 3.63) is 0 Å². The van der Waals surface area contributed by atoms with Crippen LogP contribution in [0.2, 0.25) is 0 Å². The van der Waals surface area contributed by atoms with Crippen LogP contribution in [0.4, 0.5) is 0 Å². The molecule has 0 aliphatic carbocycles. The van der Waals surface area contributed by atoms with Crippen molar-refractivity contribution in [2.75, 3.05) is 33.7 Å². The Bertz CT molecular complexity index is 247. The standard InChI is InChI=1S/C14H29N3O/c1-11(2)9-13(17(3)4)10-16-14(18)12-5-7-15-8-6-12/h11-13,15H,5-10H2,1-4H3,(H,16,18). The van der Waals surface area contributed by atoms with Gasteiger partial charge >= 0.3 is 0 Å². The maximum absolute atomic E-state index is 12.1. The van der Waals surface area contributed by atoms with Crippen LogP contribution in [-0.2, 0) is 4.79 Å². The number of nitrogens with zero attached hydrogens (tertiary/aromatic N) is 1. The quantitative estimate of drug-likeness (QED) is 0.746. The zero-order chi connectivity index (χ0) is 13.5. The molecule has 1 heterocycles. The molecule has 0 saturated carbocycles. The van der Waals surface area contributed by atoms with Gasteiger partial charge in [0.2, 0.25) is 5.91 Å². The summed E-state index contributed by atoms with van der Waals surface area (Å²) in [6.07, 6.45) is 3.07. The Kier molecular flexibility index (Phi) is 6.65. The summed E-state index contributed by atoms with van der Waals surface area (Å²) in [5.41, 5.74) is 0. The summed E-state index contributed by atoms with van der Waals surface area (Å²) in [4.78, 5) is 14.3. The molecule has 1 unspecified atom stereocenters. The number of carbonyl (C=O) groups excluding carboxylic acids is 1. The predicted octanol–water partition coefficient (Wildman–Crippen LogP) is 1.08. The second kappa shape index (κ2) is 7.74. The van der Waals surface area contributed by atoms with Gasteiger partial charge in [0.15, 0.2) is 0 Å². The van der Waals surface area contributed by atoms with Crippen LogP contribution >= 0.6 is 0 Å². The molecule has 1 atom stereocenters. The Labute approximate surface area is 111 Å². The number of carbonyl (C=O) groups is 1. The summed E-state index contributed by atoms with van der Waals surface area (Å²) in [5, 5.41) is 6.42. The Balaban J connectivity index is 2.33. The van der Waals surface area contributed by atoms with Crippen molar-refractivity contribution in [3.8, 4) is 0 Å². The molecule has 0 spiro atoms. The van der Waals surface area contributed by atoms with Gasteiger partial charge < -0.3 is 15.5 Å². The number of piperidine rings is 1. The highest BCUT2D eigenvalue weighted by Crippen LogP contribution is 2.12. The second-order valence-corrected chi connectivity index (χ2v) is 6.02. The normalized spacial score (nSPS) is 19.2. The van der Waals surface area contributed by atoms with Crippen LogP contribution in [0.1, 0.15) is 33.1 Å². The van der Waals surface area contributed by atoms with Crippen LogP contribution in [0.25, 0.3) is 0 Å². The van der Waals surface area contributed by atoms with E-state index >= 15 is 0 Å². The zero-order valence-corrected chi connectivity index (χ0v) is 12.3.